The molecule has 0 radical (unpaired) electrons. The van der Waals surface area contributed by atoms with Gasteiger partial charge in [0.2, 0.25) is 0 Å². The molecule has 3 heteroatoms. The molecule has 2 aromatic rings. The Balaban J connectivity index is 2.03. The van der Waals surface area contributed by atoms with Gasteiger partial charge < -0.3 is 9.67 Å². The predicted octanol–water partition coefficient (Wildman–Crippen LogP) is 2.44. The average Bonchev–Trinajstić information content (AvgIpc) is 2.84. The summed E-state index contributed by atoms with van der Waals surface area (Å²) < 4.78 is 2.21. The lowest BCUT2D eigenvalue weighted by molar-refractivity contribution is 0.185. The second-order valence-corrected chi connectivity index (χ2v) is 5.96. The number of benzene rings is 1. The molecule has 2 heterocycles. The fourth-order valence-corrected chi connectivity index (χ4v) is 3.09. The van der Waals surface area contributed by atoms with Crippen molar-refractivity contribution in [2.45, 2.75) is 39.0 Å². The maximum Gasteiger partial charge on any atom is 0.0515 e. The van der Waals surface area contributed by atoms with Gasteiger partial charge in [-0.05, 0) is 55.6 Å². The zero-order valence-electron chi connectivity index (χ0n) is 12.0. The number of aryl methyl sites for hydroxylation is 2. The third kappa shape index (κ3) is 2.28. The van der Waals surface area contributed by atoms with Crippen molar-refractivity contribution in [2.75, 3.05) is 7.05 Å². The van der Waals surface area contributed by atoms with Crippen molar-refractivity contribution in [2.24, 2.45) is 7.05 Å². The molecule has 0 bridgehead atoms. The van der Waals surface area contributed by atoms with Crippen LogP contribution in [0, 0.1) is 0 Å². The van der Waals surface area contributed by atoms with Crippen molar-refractivity contribution in [1.29, 1.82) is 0 Å². The number of aromatic nitrogens is 1. The lowest BCUT2D eigenvalue weighted by atomic mass is 10.0. The van der Waals surface area contributed by atoms with E-state index in [9.17, 15) is 5.11 Å². The van der Waals surface area contributed by atoms with Crippen molar-refractivity contribution in [1.82, 2.24) is 9.47 Å². The molecule has 102 valence electrons. The number of nitrogens with zero attached hydrogens (tertiary/aromatic N) is 2. The SMILES string of the molecule is CC(O)CCc1cn(C)c2cc3c(cc12)CN(C)C3. The average molecular weight is 258 g/mol. The monoisotopic (exact) mass is 258 g/mol. The number of hydrogen-bond donors (Lipinski definition) is 1. The number of fused-ring (bicyclic) bond motifs is 2. The summed E-state index contributed by atoms with van der Waals surface area (Å²) in [5, 5.41) is 10.8. The van der Waals surface area contributed by atoms with Crippen molar-refractivity contribution < 1.29 is 5.11 Å². The smallest absolute Gasteiger partial charge is 0.0515 e. The Morgan fingerprint density at radius 2 is 1.89 bits per heavy atom. The molecule has 0 saturated heterocycles. The summed E-state index contributed by atoms with van der Waals surface area (Å²) in [5.41, 5.74) is 5.59. The molecular formula is C16H22N2O. The van der Waals surface area contributed by atoms with Gasteiger partial charge in [0, 0.05) is 37.2 Å². The van der Waals surface area contributed by atoms with Crippen molar-refractivity contribution in [3.8, 4) is 0 Å². The van der Waals surface area contributed by atoms with Crippen LogP contribution in [-0.2, 0) is 26.6 Å². The van der Waals surface area contributed by atoms with E-state index in [0.29, 0.717) is 0 Å². The molecule has 3 nitrogen and oxygen atoms in total. The summed E-state index contributed by atoms with van der Waals surface area (Å²) in [4.78, 5) is 2.35. The number of hydrogen-bond acceptors (Lipinski definition) is 2. The highest BCUT2D eigenvalue weighted by atomic mass is 16.3. The molecule has 1 unspecified atom stereocenters. The van der Waals surface area contributed by atoms with E-state index in [2.05, 4.69) is 41.9 Å². The third-order valence-electron chi connectivity index (χ3n) is 4.11. The van der Waals surface area contributed by atoms with Crippen molar-refractivity contribution in [3.63, 3.8) is 0 Å². The van der Waals surface area contributed by atoms with Crippen LogP contribution in [0.25, 0.3) is 10.9 Å². The summed E-state index contributed by atoms with van der Waals surface area (Å²) >= 11 is 0. The molecule has 19 heavy (non-hydrogen) atoms. The molecule has 0 amide bonds. The molecule has 1 aromatic heterocycles. The normalized spacial score (nSPS) is 17.1. The van der Waals surface area contributed by atoms with Crippen molar-refractivity contribution >= 4 is 10.9 Å². The Morgan fingerprint density at radius 3 is 2.58 bits per heavy atom. The van der Waals surface area contributed by atoms with Crippen LogP contribution in [0.5, 0.6) is 0 Å². The van der Waals surface area contributed by atoms with E-state index in [-0.39, 0.29) is 6.10 Å². The molecular weight excluding hydrogens is 236 g/mol. The summed E-state index contributed by atoms with van der Waals surface area (Å²) in [7, 11) is 4.28. The van der Waals surface area contributed by atoms with Crippen LogP contribution >= 0.6 is 0 Å². The largest absolute Gasteiger partial charge is 0.393 e. The van der Waals surface area contributed by atoms with Gasteiger partial charge in [-0.2, -0.15) is 0 Å². The molecule has 1 aliphatic heterocycles. The Labute approximate surface area is 114 Å². The minimum absolute atomic E-state index is 0.226. The maximum absolute atomic E-state index is 9.47. The van der Waals surface area contributed by atoms with Gasteiger partial charge in [-0.3, -0.25) is 4.90 Å². The fraction of sp³-hybridized carbons (Fsp3) is 0.500. The van der Waals surface area contributed by atoms with Gasteiger partial charge >= 0.3 is 0 Å². The van der Waals surface area contributed by atoms with Crippen LogP contribution in [0.15, 0.2) is 18.3 Å². The molecule has 0 aliphatic carbocycles. The Morgan fingerprint density at radius 1 is 1.21 bits per heavy atom. The Bertz CT molecular complexity index is 613. The Kier molecular flexibility index (Phi) is 3.11. The Hall–Kier alpha value is -1.32. The first-order valence-electron chi connectivity index (χ1n) is 7.01. The van der Waals surface area contributed by atoms with E-state index < -0.39 is 0 Å². The van der Waals surface area contributed by atoms with Gasteiger partial charge in [0.15, 0.2) is 0 Å². The first kappa shape index (κ1) is 12.7. The van der Waals surface area contributed by atoms with Gasteiger partial charge in [-0.15, -0.1) is 0 Å². The molecule has 0 fully saturated rings. The summed E-state index contributed by atoms with van der Waals surface area (Å²) in [6.07, 6.45) is 3.77. The van der Waals surface area contributed by atoms with Gasteiger partial charge in [0.05, 0.1) is 6.10 Å². The van der Waals surface area contributed by atoms with Crippen molar-refractivity contribution in [3.05, 3.63) is 35.0 Å². The van der Waals surface area contributed by atoms with E-state index in [1.807, 2.05) is 6.92 Å². The summed E-state index contributed by atoms with van der Waals surface area (Å²) in [5.74, 6) is 0. The van der Waals surface area contributed by atoms with Crippen LogP contribution in [0.3, 0.4) is 0 Å². The van der Waals surface area contributed by atoms with E-state index in [4.69, 9.17) is 0 Å². The lowest BCUT2D eigenvalue weighted by Gasteiger charge is -2.04. The molecule has 1 aromatic carbocycles. The lowest BCUT2D eigenvalue weighted by Crippen LogP contribution is -2.07. The van der Waals surface area contributed by atoms with E-state index in [0.717, 1.165) is 25.9 Å². The minimum atomic E-state index is -0.226. The number of aliphatic hydroxyl groups is 1. The number of rotatable bonds is 3. The van der Waals surface area contributed by atoms with E-state index >= 15 is 0 Å². The van der Waals surface area contributed by atoms with E-state index in [1.54, 1.807) is 0 Å². The van der Waals surface area contributed by atoms with Gasteiger partial charge in [0.1, 0.15) is 0 Å². The molecule has 3 rings (SSSR count). The van der Waals surface area contributed by atoms with Crippen LogP contribution in [-0.4, -0.2) is 27.7 Å². The molecule has 1 atom stereocenters. The maximum atomic E-state index is 9.47. The highest BCUT2D eigenvalue weighted by Gasteiger charge is 2.18. The fourth-order valence-electron chi connectivity index (χ4n) is 3.09. The molecule has 0 spiro atoms. The topological polar surface area (TPSA) is 28.4 Å². The third-order valence-corrected chi connectivity index (χ3v) is 4.11. The molecule has 0 saturated carbocycles. The van der Waals surface area contributed by atoms with Gasteiger partial charge in [0.25, 0.3) is 0 Å². The summed E-state index contributed by atoms with van der Waals surface area (Å²) in [6, 6.07) is 4.69. The first-order chi connectivity index (χ1) is 9.04. The zero-order valence-corrected chi connectivity index (χ0v) is 12.0. The standard InChI is InChI=1S/C16H22N2O/c1-11(19)4-5-12-10-18(3)16-7-14-9-17(2)8-13(14)6-15(12)16/h6-7,10-11,19H,4-5,8-9H2,1-3H3. The highest BCUT2D eigenvalue weighted by molar-refractivity contribution is 5.85. The minimum Gasteiger partial charge on any atom is -0.393 e. The van der Waals surface area contributed by atoms with Crippen LogP contribution in [0.2, 0.25) is 0 Å². The van der Waals surface area contributed by atoms with Crippen LogP contribution in [0.4, 0.5) is 0 Å². The van der Waals surface area contributed by atoms with Crippen LogP contribution < -0.4 is 0 Å². The van der Waals surface area contributed by atoms with Crippen LogP contribution in [0.1, 0.15) is 30.0 Å². The molecule has 1 aliphatic rings. The second kappa shape index (κ2) is 4.66. The highest BCUT2D eigenvalue weighted by Crippen LogP contribution is 2.30. The van der Waals surface area contributed by atoms with E-state index in [1.165, 1.54) is 27.6 Å². The van der Waals surface area contributed by atoms with Gasteiger partial charge in [-0.1, -0.05) is 0 Å². The quantitative estimate of drug-likeness (QED) is 0.916. The van der Waals surface area contributed by atoms with Gasteiger partial charge in [-0.25, -0.2) is 0 Å². The molecule has 1 N–H and O–H groups in total. The predicted molar refractivity (Wildman–Crippen MR) is 78.1 cm³/mol. The summed E-state index contributed by atoms with van der Waals surface area (Å²) in [6.45, 7) is 3.97. The number of aliphatic hydroxyl groups excluding tert-OH is 1. The zero-order chi connectivity index (χ0) is 13.6. The first-order valence-corrected chi connectivity index (χ1v) is 7.01. The second-order valence-electron chi connectivity index (χ2n) is 5.96.